The molecule has 166 valence electrons. The van der Waals surface area contributed by atoms with Gasteiger partial charge in [0.1, 0.15) is 11.4 Å². The summed E-state index contributed by atoms with van der Waals surface area (Å²) in [5.74, 6) is -0.986. The molecule has 2 rings (SSSR count). The van der Waals surface area contributed by atoms with E-state index in [1.54, 1.807) is 57.2 Å². The number of amides is 3. The smallest absolute Gasteiger partial charge is 0.407 e. The fourth-order valence-electron chi connectivity index (χ4n) is 2.66. The predicted molar refractivity (Wildman–Crippen MR) is 116 cm³/mol. The number of hydrogen-bond donors (Lipinski definition) is 3. The van der Waals surface area contributed by atoms with E-state index in [0.717, 1.165) is 5.56 Å². The number of anilines is 1. The maximum Gasteiger partial charge on any atom is 0.407 e. The molecular weight excluding hydrogens is 401 g/mol. The van der Waals surface area contributed by atoms with Crippen molar-refractivity contribution < 1.29 is 23.5 Å². The zero-order chi connectivity index (χ0) is 22.9. The molecule has 0 saturated heterocycles. The molecular formula is C23H28FN3O4. The third kappa shape index (κ3) is 9.29. The van der Waals surface area contributed by atoms with Gasteiger partial charge in [-0.25, -0.2) is 9.18 Å². The molecule has 7 nitrogen and oxygen atoms in total. The minimum absolute atomic E-state index is 0.0711. The van der Waals surface area contributed by atoms with E-state index in [1.165, 1.54) is 6.07 Å². The highest BCUT2D eigenvalue weighted by Gasteiger charge is 2.16. The fourth-order valence-corrected chi connectivity index (χ4v) is 2.66. The summed E-state index contributed by atoms with van der Waals surface area (Å²) < 4.78 is 18.8. The van der Waals surface area contributed by atoms with E-state index in [2.05, 4.69) is 16.0 Å². The topological polar surface area (TPSA) is 96.5 Å². The molecule has 31 heavy (non-hydrogen) atoms. The molecule has 0 unspecified atom stereocenters. The summed E-state index contributed by atoms with van der Waals surface area (Å²) in [6, 6.07) is 13.2. The van der Waals surface area contributed by atoms with Gasteiger partial charge in [0.15, 0.2) is 0 Å². The summed E-state index contributed by atoms with van der Waals surface area (Å²) in [6.45, 7) is 5.70. The molecule has 0 spiro atoms. The van der Waals surface area contributed by atoms with Crippen LogP contribution in [-0.2, 0) is 27.3 Å². The van der Waals surface area contributed by atoms with Gasteiger partial charge in [-0.2, -0.15) is 0 Å². The second-order valence-electron chi connectivity index (χ2n) is 7.97. The minimum atomic E-state index is -0.595. The Kier molecular flexibility index (Phi) is 8.54. The van der Waals surface area contributed by atoms with Gasteiger partial charge in [0.25, 0.3) is 0 Å². The first-order chi connectivity index (χ1) is 14.6. The average molecular weight is 429 g/mol. The van der Waals surface area contributed by atoms with E-state index in [0.29, 0.717) is 11.3 Å². The van der Waals surface area contributed by atoms with E-state index in [9.17, 15) is 18.8 Å². The van der Waals surface area contributed by atoms with Crippen LogP contribution in [0.4, 0.5) is 14.9 Å². The second kappa shape index (κ2) is 11.1. The van der Waals surface area contributed by atoms with Crippen molar-refractivity contribution in [3.8, 4) is 0 Å². The molecule has 3 amide bonds. The van der Waals surface area contributed by atoms with Gasteiger partial charge >= 0.3 is 6.09 Å². The molecule has 0 bridgehead atoms. The van der Waals surface area contributed by atoms with Crippen molar-refractivity contribution >= 4 is 23.6 Å². The van der Waals surface area contributed by atoms with Crippen molar-refractivity contribution in [2.75, 3.05) is 11.9 Å². The molecule has 0 fully saturated rings. The molecule has 0 heterocycles. The summed E-state index contributed by atoms with van der Waals surface area (Å²) in [5.41, 5.74) is 1.07. The highest BCUT2D eigenvalue weighted by molar-refractivity contribution is 5.92. The Labute approximate surface area is 181 Å². The van der Waals surface area contributed by atoms with Gasteiger partial charge in [-0.3, -0.25) is 9.59 Å². The summed E-state index contributed by atoms with van der Waals surface area (Å²) in [6.07, 6.45) is -0.532. The van der Waals surface area contributed by atoms with Gasteiger partial charge in [0.05, 0.1) is 6.42 Å². The Morgan fingerprint density at radius 1 is 0.968 bits per heavy atom. The molecule has 2 aromatic carbocycles. The summed E-state index contributed by atoms with van der Waals surface area (Å²) in [5, 5.41) is 8.01. The number of benzene rings is 2. The van der Waals surface area contributed by atoms with Crippen LogP contribution >= 0.6 is 0 Å². The molecule has 0 radical (unpaired) electrons. The Balaban J connectivity index is 1.76. The van der Waals surface area contributed by atoms with Gasteiger partial charge in [0, 0.05) is 25.2 Å². The lowest BCUT2D eigenvalue weighted by Gasteiger charge is -2.19. The lowest BCUT2D eigenvalue weighted by molar-refractivity contribution is -0.121. The lowest BCUT2D eigenvalue weighted by Crippen LogP contribution is -2.35. The van der Waals surface area contributed by atoms with Crippen molar-refractivity contribution in [1.29, 1.82) is 0 Å². The first-order valence-electron chi connectivity index (χ1n) is 9.98. The molecule has 0 aliphatic carbocycles. The van der Waals surface area contributed by atoms with Gasteiger partial charge in [-0.05, 0) is 50.1 Å². The maximum absolute atomic E-state index is 13.7. The highest BCUT2D eigenvalue weighted by atomic mass is 19.1. The number of alkyl carbamates (subject to hydrolysis) is 1. The molecule has 3 N–H and O–H groups in total. The van der Waals surface area contributed by atoms with Crippen LogP contribution in [0, 0.1) is 5.82 Å². The largest absolute Gasteiger partial charge is 0.444 e. The molecule has 0 aliphatic heterocycles. The van der Waals surface area contributed by atoms with Gasteiger partial charge < -0.3 is 20.7 Å². The van der Waals surface area contributed by atoms with E-state index >= 15 is 0 Å². The Morgan fingerprint density at radius 3 is 2.42 bits per heavy atom. The summed E-state index contributed by atoms with van der Waals surface area (Å²) in [7, 11) is 0. The third-order valence-corrected chi connectivity index (χ3v) is 4.03. The normalized spacial score (nSPS) is 10.8. The summed E-state index contributed by atoms with van der Waals surface area (Å²) >= 11 is 0. The second-order valence-corrected chi connectivity index (χ2v) is 7.97. The number of hydrogen-bond acceptors (Lipinski definition) is 4. The standard InChI is InChI=1S/C23H28FN3O4/c1-23(2,3)31-22(30)25-12-11-20(28)26-15-16-7-6-9-18(13-16)27-21(29)14-17-8-4-5-10-19(17)24/h4-10,13H,11-12,14-15H2,1-3H3,(H,25,30)(H,26,28)(H,27,29). The monoisotopic (exact) mass is 429 g/mol. The molecule has 0 aromatic heterocycles. The zero-order valence-corrected chi connectivity index (χ0v) is 18.0. The first-order valence-corrected chi connectivity index (χ1v) is 9.98. The molecule has 2 aromatic rings. The van der Waals surface area contributed by atoms with Crippen LogP contribution < -0.4 is 16.0 Å². The van der Waals surface area contributed by atoms with E-state index < -0.39 is 17.5 Å². The minimum Gasteiger partial charge on any atom is -0.444 e. The van der Waals surface area contributed by atoms with Crippen molar-refractivity contribution in [3.63, 3.8) is 0 Å². The van der Waals surface area contributed by atoms with Crippen LogP contribution in [0.1, 0.15) is 38.3 Å². The van der Waals surface area contributed by atoms with Gasteiger partial charge in [-0.1, -0.05) is 30.3 Å². The van der Waals surface area contributed by atoms with Crippen molar-refractivity contribution in [3.05, 3.63) is 65.5 Å². The van der Waals surface area contributed by atoms with Crippen LogP contribution in [0.15, 0.2) is 48.5 Å². The van der Waals surface area contributed by atoms with Crippen LogP contribution in [0.3, 0.4) is 0 Å². The molecule has 0 saturated carbocycles. The van der Waals surface area contributed by atoms with Crippen molar-refractivity contribution in [2.24, 2.45) is 0 Å². The van der Waals surface area contributed by atoms with Crippen molar-refractivity contribution in [2.45, 2.75) is 45.8 Å². The van der Waals surface area contributed by atoms with E-state index in [-0.39, 0.29) is 37.7 Å². The third-order valence-electron chi connectivity index (χ3n) is 4.03. The highest BCUT2D eigenvalue weighted by Crippen LogP contribution is 2.13. The Bertz CT molecular complexity index is 925. The summed E-state index contributed by atoms with van der Waals surface area (Å²) in [4.78, 5) is 35.7. The van der Waals surface area contributed by atoms with Gasteiger partial charge in [-0.15, -0.1) is 0 Å². The predicted octanol–water partition coefficient (Wildman–Crippen LogP) is 3.54. The fraction of sp³-hybridized carbons (Fsp3) is 0.348. The zero-order valence-electron chi connectivity index (χ0n) is 18.0. The number of halogens is 1. The van der Waals surface area contributed by atoms with Crippen LogP contribution in [0.2, 0.25) is 0 Å². The Hall–Kier alpha value is -3.42. The Morgan fingerprint density at radius 2 is 1.71 bits per heavy atom. The van der Waals surface area contributed by atoms with Crippen molar-refractivity contribution in [1.82, 2.24) is 10.6 Å². The van der Waals surface area contributed by atoms with E-state index in [4.69, 9.17) is 4.74 Å². The van der Waals surface area contributed by atoms with E-state index in [1.807, 2.05) is 6.07 Å². The van der Waals surface area contributed by atoms with Gasteiger partial charge in [0.2, 0.25) is 11.8 Å². The molecule has 8 heteroatoms. The quantitative estimate of drug-likeness (QED) is 0.598. The number of rotatable bonds is 8. The SMILES string of the molecule is CC(C)(C)OC(=O)NCCC(=O)NCc1cccc(NC(=O)Cc2ccccc2F)c1. The average Bonchev–Trinajstić information content (AvgIpc) is 2.67. The van der Waals surface area contributed by atoms with Crippen LogP contribution in [0.25, 0.3) is 0 Å². The van der Waals surface area contributed by atoms with Crippen LogP contribution in [0.5, 0.6) is 0 Å². The lowest BCUT2D eigenvalue weighted by atomic mass is 10.1. The number of nitrogens with one attached hydrogen (secondary N) is 3. The first kappa shape index (κ1) is 23.9. The van der Waals surface area contributed by atoms with Crippen LogP contribution in [-0.4, -0.2) is 30.1 Å². The number of ether oxygens (including phenoxy) is 1. The number of carbonyl (C=O) groups excluding carboxylic acids is 3. The maximum atomic E-state index is 13.7. The molecule has 0 atom stereocenters. The number of carbonyl (C=O) groups is 3. The molecule has 0 aliphatic rings.